The molecule has 190 valence electrons. The summed E-state index contributed by atoms with van der Waals surface area (Å²) in [5, 5.41) is 9.48. The molecular weight excluding hydrogens is 502 g/mol. The first-order valence-corrected chi connectivity index (χ1v) is 13.1. The van der Waals surface area contributed by atoms with Crippen molar-refractivity contribution in [2.24, 2.45) is 11.8 Å². The van der Waals surface area contributed by atoms with Gasteiger partial charge in [-0.2, -0.15) is 0 Å². The lowest BCUT2D eigenvalue weighted by molar-refractivity contribution is -0.150. The van der Waals surface area contributed by atoms with E-state index in [4.69, 9.17) is 4.74 Å². The van der Waals surface area contributed by atoms with Gasteiger partial charge in [0.25, 0.3) is 0 Å². The molecule has 1 spiro atoms. The Morgan fingerprint density at radius 3 is 2.59 bits per heavy atom. The van der Waals surface area contributed by atoms with Crippen molar-refractivity contribution in [2.75, 3.05) is 33.3 Å². The fourth-order valence-corrected chi connectivity index (χ4v) is 7.01. The molecular formula is C25H38BrN3O5. The van der Waals surface area contributed by atoms with Gasteiger partial charge in [-0.05, 0) is 26.2 Å². The van der Waals surface area contributed by atoms with Gasteiger partial charge in [0.15, 0.2) is 0 Å². The van der Waals surface area contributed by atoms with Crippen LogP contribution in [0.4, 0.5) is 0 Å². The highest BCUT2D eigenvalue weighted by Gasteiger charge is 2.76. The summed E-state index contributed by atoms with van der Waals surface area (Å²) in [7, 11) is 1.69. The van der Waals surface area contributed by atoms with E-state index in [0.717, 1.165) is 12.8 Å². The van der Waals surface area contributed by atoms with E-state index >= 15 is 0 Å². The number of carbonyl (C=O) groups excluding carboxylic acids is 3. The monoisotopic (exact) mass is 539 g/mol. The van der Waals surface area contributed by atoms with Crippen molar-refractivity contribution in [1.29, 1.82) is 0 Å². The molecule has 2 bridgehead atoms. The maximum Gasteiger partial charge on any atom is 0.248 e. The first kappa shape index (κ1) is 26.9. The van der Waals surface area contributed by atoms with Crippen LogP contribution < -0.4 is 0 Å². The highest BCUT2D eigenvalue weighted by molar-refractivity contribution is 9.09. The van der Waals surface area contributed by atoms with Crippen molar-refractivity contribution < 1.29 is 24.2 Å². The van der Waals surface area contributed by atoms with Gasteiger partial charge < -0.3 is 24.5 Å². The fourth-order valence-electron chi connectivity index (χ4n) is 6.07. The van der Waals surface area contributed by atoms with Crippen LogP contribution in [-0.2, 0) is 19.1 Å². The predicted molar refractivity (Wildman–Crippen MR) is 133 cm³/mol. The Kier molecular flexibility index (Phi) is 8.63. The summed E-state index contributed by atoms with van der Waals surface area (Å²) in [4.78, 5) is 46.2. The zero-order valence-electron chi connectivity index (χ0n) is 20.5. The minimum Gasteiger partial charge on any atom is -0.396 e. The Morgan fingerprint density at radius 1 is 1.32 bits per heavy atom. The number of alkyl halides is 1. The van der Waals surface area contributed by atoms with Gasteiger partial charge in [-0.15, -0.1) is 13.2 Å². The second kappa shape index (κ2) is 10.9. The van der Waals surface area contributed by atoms with Gasteiger partial charge in [0, 0.05) is 44.2 Å². The van der Waals surface area contributed by atoms with Gasteiger partial charge in [0.2, 0.25) is 17.7 Å². The second-order valence-corrected chi connectivity index (χ2v) is 10.9. The molecule has 3 aliphatic rings. The Hall–Kier alpha value is -1.71. The molecule has 0 aliphatic carbocycles. The van der Waals surface area contributed by atoms with Crippen LogP contribution in [0.2, 0.25) is 0 Å². The number of fused-ring (bicyclic) bond motifs is 1. The average Bonchev–Trinajstić information content (AvgIpc) is 3.38. The van der Waals surface area contributed by atoms with E-state index in [0.29, 0.717) is 25.9 Å². The molecule has 0 radical (unpaired) electrons. The highest BCUT2D eigenvalue weighted by atomic mass is 79.9. The molecule has 3 heterocycles. The molecule has 1 N–H and O–H groups in total. The lowest BCUT2D eigenvalue weighted by atomic mass is 9.70. The topological polar surface area (TPSA) is 90.4 Å². The molecule has 34 heavy (non-hydrogen) atoms. The molecule has 0 aromatic rings. The molecule has 0 aromatic heterocycles. The summed E-state index contributed by atoms with van der Waals surface area (Å²) in [5.74, 6) is -1.99. The van der Waals surface area contributed by atoms with Crippen LogP contribution in [0.5, 0.6) is 0 Å². The van der Waals surface area contributed by atoms with E-state index < -0.39 is 29.6 Å². The van der Waals surface area contributed by atoms with Gasteiger partial charge in [-0.25, -0.2) is 0 Å². The van der Waals surface area contributed by atoms with Crippen LogP contribution in [0.3, 0.4) is 0 Å². The van der Waals surface area contributed by atoms with Gasteiger partial charge >= 0.3 is 0 Å². The summed E-state index contributed by atoms with van der Waals surface area (Å²) in [6, 6.07) is -0.876. The van der Waals surface area contributed by atoms with Crippen molar-refractivity contribution in [1.82, 2.24) is 14.7 Å². The van der Waals surface area contributed by atoms with Gasteiger partial charge in [0.05, 0.1) is 17.9 Å². The SMILES string of the molecule is C=CCN(C)C(=O)[C@H]1[C@@H]2OC3(CC2Br)C(C(=O)N(CC=C)C(C)CCC)N(CCCO)C(=O)[C@H]13. The van der Waals surface area contributed by atoms with Crippen LogP contribution in [0.15, 0.2) is 25.3 Å². The molecule has 0 aromatic carbocycles. The molecule has 3 rings (SSSR count). The number of hydrogen-bond acceptors (Lipinski definition) is 5. The van der Waals surface area contributed by atoms with E-state index in [1.165, 1.54) is 0 Å². The van der Waals surface area contributed by atoms with Crippen LogP contribution in [0.25, 0.3) is 0 Å². The molecule has 3 saturated heterocycles. The minimum atomic E-state index is -1.08. The number of halogens is 1. The zero-order valence-corrected chi connectivity index (χ0v) is 22.1. The number of rotatable bonds is 12. The molecule has 9 heteroatoms. The summed E-state index contributed by atoms with van der Waals surface area (Å²) >= 11 is 3.69. The Bertz CT molecular complexity index is 822. The molecule has 0 saturated carbocycles. The minimum absolute atomic E-state index is 0.0322. The fraction of sp³-hybridized carbons (Fsp3) is 0.720. The Balaban J connectivity index is 2.06. The van der Waals surface area contributed by atoms with Crippen LogP contribution >= 0.6 is 15.9 Å². The molecule has 4 unspecified atom stereocenters. The van der Waals surface area contributed by atoms with Crippen LogP contribution in [-0.4, -0.2) is 99.4 Å². The third-order valence-corrected chi connectivity index (χ3v) is 8.34. The number of aliphatic hydroxyl groups is 1. The van der Waals surface area contributed by atoms with E-state index in [2.05, 4.69) is 36.0 Å². The lowest BCUT2D eigenvalue weighted by Gasteiger charge is -2.39. The van der Waals surface area contributed by atoms with E-state index in [1.807, 2.05) is 6.92 Å². The maximum absolute atomic E-state index is 14.1. The summed E-state index contributed by atoms with van der Waals surface area (Å²) in [5.41, 5.74) is -1.08. The number of likely N-dealkylation sites (tertiary alicyclic amines) is 1. The molecule has 3 amide bonds. The Labute approximate surface area is 211 Å². The van der Waals surface area contributed by atoms with Crippen LogP contribution in [0, 0.1) is 11.8 Å². The van der Waals surface area contributed by atoms with E-state index in [9.17, 15) is 19.5 Å². The molecule has 3 aliphatic heterocycles. The zero-order chi connectivity index (χ0) is 25.2. The lowest BCUT2D eigenvalue weighted by Crippen LogP contribution is -2.58. The third-order valence-electron chi connectivity index (χ3n) is 7.49. The van der Waals surface area contributed by atoms with E-state index in [1.54, 1.807) is 33.9 Å². The first-order chi connectivity index (χ1) is 16.2. The van der Waals surface area contributed by atoms with Gasteiger partial charge in [0.1, 0.15) is 11.6 Å². The quantitative estimate of drug-likeness (QED) is 0.302. The van der Waals surface area contributed by atoms with Crippen molar-refractivity contribution in [3.05, 3.63) is 25.3 Å². The molecule has 7 atom stereocenters. The Morgan fingerprint density at radius 2 is 2.00 bits per heavy atom. The van der Waals surface area contributed by atoms with Gasteiger partial charge in [-0.1, -0.05) is 41.4 Å². The van der Waals surface area contributed by atoms with Gasteiger partial charge in [-0.3, -0.25) is 14.4 Å². The van der Waals surface area contributed by atoms with Crippen molar-refractivity contribution in [3.8, 4) is 0 Å². The predicted octanol–water partition coefficient (Wildman–Crippen LogP) is 1.96. The van der Waals surface area contributed by atoms with Crippen molar-refractivity contribution in [3.63, 3.8) is 0 Å². The number of carbonyl (C=O) groups is 3. The van der Waals surface area contributed by atoms with Crippen LogP contribution in [0.1, 0.15) is 39.5 Å². The standard InChI is InChI=1S/C25H38BrN3O5/c1-6-10-16(4)28(12-8-3)24(33)21-25-15-17(26)20(34-25)18(22(31)27(5)11-7-2)19(25)23(32)29(21)13-9-14-30/h7-8,16-21,30H,2-3,6,9-15H2,1,4-5H3/t16?,17?,18-,19+,20-,21?,25?/m1/s1. The number of hydrogen-bond donors (Lipinski definition) is 1. The summed E-state index contributed by atoms with van der Waals surface area (Å²) in [6.45, 7) is 12.5. The normalized spacial score (nSPS) is 32.4. The number of likely N-dealkylation sites (N-methyl/N-ethyl adjacent to an activating group) is 1. The third kappa shape index (κ3) is 4.35. The number of nitrogens with zero attached hydrogens (tertiary/aromatic N) is 3. The number of amides is 3. The number of ether oxygens (including phenoxy) is 1. The maximum atomic E-state index is 14.1. The summed E-state index contributed by atoms with van der Waals surface area (Å²) in [6.07, 6.45) is 5.42. The highest BCUT2D eigenvalue weighted by Crippen LogP contribution is 2.60. The molecule has 3 fully saturated rings. The van der Waals surface area contributed by atoms with Crippen molar-refractivity contribution in [2.45, 2.75) is 68.1 Å². The number of aliphatic hydroxyl groups excluding tert-OH is 1. The summed E-state index contributed by atoms with van der Waals surface area (Å²) < 4.78 is 6.52. The largest absolute Gasteiger partial charge is 0.396 e. The van der Waals surface area contributed by atoms with E-state index in [-0.39, 0.29) is 41.7 Å². The van der Waals surface area contributed by atoms with Crippen molar-refractivity contribution >= 4 is 33.7 Å². The first-order valence-electron chi connectivity index (χ1n) is 12.2. The second-order valence-electron chi connectivity index (χ2n) is 9.70. The smallest absolute Gasteiger partial charge is 0.248 e. The molecule has 8 nitrogen and oxygen atoms in total. The average molecular weight is 540 g/mol.